The van der Waals surface area contributed by atoms with Crippen LogP contribution in [0.5, 0.6) is 0 Å². The van der Waals surface area contributed by atoms with Crippen molar-refractivity contribution in [2.45, 2.75) is 44.6 Å². The van der Waals surface area contributed by atoms with Crippen molar-refractivity contribution >= 4 is 5.78 Å². The fraction of sp³-hybridized carbons (Fsp3) is 0.769. The molecule has 1 aliphatic rings. The summed E-state index contributed by atoms with van der Waals surface area (Å²) >= 11 is 0. The SMILES string of the molecule is CCCCC1CC(=O)C=CC1(OC)OCC(F)(F)F. The zero-order chi connectivity index (χ0) is 14.5. The summed E-state index contributed by atoms with van der Waals surface area (Å²) in [5.74, 6) is -1.93. The molecule has 0 N–H and O–H groups in total. The molecule has 110 valence electrons. The van der Waals surface area contributed by atoms with Gasteiger partial charge in [-0.2, -0.15) is 13.2 Å². The Bertz CT molecular complexity index is 339. The van der Waals surface area contributed by atoms with Crippen LogP contribution < -0.4 is 0 Å². The molecule has 1 aliphatic carbocycles. The summed E-state index contributed by atoms with van der Waals surface area (Å²) in [4.78, 5) is 11.4. The number of alkyl halides is 3. The van der Waals surface area contributed by atoms with E-state index in [-0.39, 0.29) is 18.1 Å². The second-order valence-electron chi connectivity index (χ2n) is 4.67. The van der Waals surface area contributed by atoms with Gasteiger partial charge in [0.15, 0.2) is 11.6 Å². The van der Waals surface area contributed by atoms with Crippen molar-refractivity contribution in [3.05, 3.63) is 12.2 Å². The quantitative estimate of drug-likeness (QED) is 0.701. The number of carbonyl (C=O) groups is 1. The molecule has 0 aromatic carbocycles. The largest absolute Gasteiger partial charge is 0.411 e. The van der Waals surface area contributed by atoms with Crippen LogP contribution in [0.4, 0.5) is 13.2 Å². The molecular formula is C13H19F3O3. The summed E-state index contributed by atoms with van der Waals surface area (Å²) < 4.78 is 47.0. The Balaban J connectivity index is 2.84. The zero-order valence-corrected chi connectivity index (χ0v) is 11.1. The van der Waals surface area contributed by atoms with E-state index in [0.29, 0.717) is 6.42 Å². The molecule has 0 saturated heterocycles. The zero-order valence-electron chi connectivity index (χ0n) is 11.1. The first-order valence-electron chi connectivity index (χ1n) is 6.31. The fourth-order valence-corrected chi connectivity index (χ4v) is 2.21. The predicted octanol–water partition coefficient (Wildman–Crippen LogP) is 3.24. The van der Waals surface area contributed by atoms with Crippen LogP contribution in [0, 0.1) is 5.92 Å². The van der Waals surface area contributed by atoms with E-state index < -0.39 is 18.6 Å². The van der Waals surface area contributed by atoms with Crippen LogP contribution in [-0.2, 0) is 14.3 Å². The van der Waals surface area contributed by atoms with Crippen molar-refractivity contribution in [2.75, 3.05) is 13.7 Å². The fourth-order valence-electron chi connectivity index (χ4n) is 2.21. The number of methoxy groups -OCH3 is 1. The smallest absolute Gasteiger partial charge is 0.349 e. The molecule has 0 amide bonds. The molecule has 6 heteroatoms. The van der Waals surface area contributed by atoms with Crippen molar-refractivity contribution < 1.29 is 27.4 Å². The van der Waals surface area contributed by atoms with E-state index in [1.807, 2.05) is 6.92 Å². The third kappa shape index (κ3) is 4.62. The van der Waals surface area contributed by atoms with Gasteiger partial charge < -0.3 is 9.47 Å². The Morgan fingerprint density at radius 1 is 1.47 bits per heavy atom. The van der Waals surface area contributed by atoms with Crippen molar-refractivity contribution in [2.24, 2.45) is 5.92 Å². The van der Waals surface area contributed by atoms with Gasteiger partial charge in [0.1, 0.15) is 6.61 Å². The van der Waals surface area contributed by atoms with Gasteiger partial charge in [-0.3, -0.25) is 4.79 Å². The van der Waals surface area contributed by atoms with Crippen LogP contribution in [0.2, 0.25) is 0 Å². The number of ketones is 1. The molecule has 0 aromatic heterocycles. The Morgan fingerprint density at radius 3 is 2.68 bits per heavy atom. The summed E-state index contributed by atoms with van der Waals surface area (Å²) in [5.41, 5.74) is 0. The highest BCUT2D eigenvalue weighted by Crippen LogP contribution is 2.36. The molecule has 19 heavy (non-hydrogen) atoms. The molecule has 1 rings (SSSR count). The number of hydrogen-bond donors (Lipinski definition) is 0. The van der Waals surface area contributed by atoms with Gasteiger partial charge in [0.2, 0.25) is 0 Å². The summed E-state index contributed by atoms with van der Waals surface area (Å²) in [7, 11) is 1.30. The third-order valence-corrected chi connectivity index (χ3v) is 3.20. The van der Waals surface area contributed by atoms with Crippen LogP contribution in [0.15, 0.2) is 12.2 Å². The summed E-state index contributed by atoms with van der Waals surface area (Å²) in [6.07, 6.45) is 0.587. The van der Waals surface area contributed by atoms with Crippen molar-refractivity contribution in [1.29, 1.82) is 0 Å². The summed E-state index contributed by atoms with van der Waals surface area (Å²) in [5, 5.41) is 0. The Hall–Kier alpha value is -0.880. The van der Waals surface area contributed by atoms with Crippen molar-refractivity contribution in [3.8, 4) is 0 Å². The van der Waals surface area contributed by atoms with Crippen LogP contribution in [0.3, 0.4) is 0 Å². The van der Waals surface area contributed by atoms with Crippen LogP contribution in [0.25, 0.3) is 0 Å². The average Bonchev–Trinajstić information content (AvgIpc) is 2.34. The molecule has 0 radical (unpaired) electrons. The number of carbonyl (C=O) groups excluding carboxylic acids is 1. The number of unbranched alkanes of at least 4 members (excludes halogenated alkanes) is 1. The van der Waals surface area contributed by atoms with E-state index in [0.717, 1.165) is 12.8 Å². The summed E-state index contributed by atoms with van der Waals surface area (Å²) in [6, 6.07) is 0. The molecule has 0 heterocycles. The van der Waals surface area contributed by atoms with Gasteiger partial charge in [-0.15, -0.1) is 0 Å². The number of ether oxygens (including phenoxy) is 2. The normalized spacial score (nSPS) is 27.8. The number of allylic oxidation sites excluding steroid dienone is 1. The maximum atomic E-state index is 12.3. The van der Waals surface area contributed by atoms with E-state index in [2.05, 4.69) is 0 Å². The topological polar surface area (TPSA) is 35.5 Å². The highest BCUT2D eigenvalue weighted by atomic mass is 19.4. The van der Waals surface area contributed by atoms with Gasteiger partial charge in [0.25, 0.3) is 0 Å². The van der Waals surface area contributed by atoms with E-state index in [9.17, 15) is 18.0 Å². The number of hydrogen-bond acceptors (Lipinski definition) is 3. The predicted molar refractivity (Wildman–Crippen MR) is 63.5 cm³/mol. The maximum Gasteiger partial charge on any atom is 0.411 e. The Morgan fingerprint density at radius 2 is 2.16 bits per heavy atom. The lowest BCUT2D eigenvalue weighted by molar-refractivity contribution is -0.275. The van der Waals surface area contributed by atoms with Gasteiger partial charge in [-0.25, -0.2) is 0 Å². The van der Waals surface area contributed by atoms with Crippen LogP contribution in [-0.4, -0.2) is 31.5 Å². The van der Waals surface area contributed by atoms with Gasteiger partial charge in [-0.1, -0.05) is 19.8 Å². The van der Waals surface area contributed by atoms with E-state index in [4.69, 9.17) is 9.47 Å². The molecule has 0 saturated carbocycles. The summed E-state index contributed by atoms with van der Waals surface area (Å²) in [6.45, 7) is 0.591. The van der Waals surface area contributed by atoms with Gasteiger partial charge >= 0.3 is 6.18 Å². The van der Waals surface area contributed by atoms with Gasteiger partial charge in [0.05, 0.1) is 0 Å². The van der Waals surface area contributed by atoms with Gasteiger partial charge in [-0.05, 0) is 18.6 Å². The van der Waals surface area contributed by atoms with Crippen molar-refractivity contribution in [3.63, 3.8) is 0 Å². The first-order valence-corrected chi connectivity index (χ1v) is 6.31. The maximum absolute atomic E-state index is 12.3. The molecule has 2 unspecified atom stereocenters. The molecule has 3 nitrogen and oxygen atoms in total. The lowest BCUT2D eigenvalue weighted by atomic mass is 9.83. The molecule has 0 fully saturated rings. The van der Waals surface area contributed by atoms with E-state index in [1.54, 1.807) is 0 Å². The second-order valence-corrected chi connectivity index (χ2v) is 4.67. The van der Waals surface area contributed by atoms with Crippen LogP contribution in [0.1, 0.15) is 32.6 Å². The lowest BCUT2D eigenvalue weighted by Gasteiger charge is -2.39. The minimum absolute atomic E-state index is 0.107. The van der Waals surface area contributed by atoms with E-state index in [1.165, 1.54) is 19.3 Å². The number of rotatable bonds is 6. The molecule has 2 atom stereocenters. The highest BCUT2D eigenvalue weighted by Gasteiger charge is 2.44. The van der Waals surface area contributed by atoms with E-state index >= 15 is 0 Å². The minimum Gasteiger partial charge on any atom is -0.349 e. The first kappa shape index (κ1) is 16.2. The number of halogens is 3. The Labute approximate surface area is 110 Å². The van der Waals surface area contributed by atoms with Crippen molar-refractivity contribution in [1.82, 2.24) is 0 Å². The molecular weight excluding hydrogens is 261 g/mol. The Kier molecular flexibility index (Phi) is 5.55. The first-order chi connectivity index (χ1) is 8.83. The highest BCUT2D eigenvalue weighted by molar-refractivity contribution is 5.91. The van der Waals surface area contributed by atoms with Gasteiger partial charge in [0, 0.05) is 19.4 Å². The second kappa shape index (κ2) is 6.52. The molecule has 0 aromatic rings. The lowest BCUT2D eigenvalue weighted by Crippen LogP contribution is -2.46. The van der Waals surface area contributed by atoms with Crippen LogP contribution >= 0.6 is 0 Å². The third-order valence-electron chi connectivity index (χ3n) is 3.20. The molecule has 0 bridgehead atoms. The monoisotopic (exact) mass is 280 g/mol. The minimum atomic E-state index is -4.42. The molecule has 0 aliphatic heterocycles. The standard InChI is InChI=1S/C13H19F3O3/c1-3-4-5-10-8-11(17)6-7-12(10,18-2)19-9-13(14,15)16/h6-7,10H,3-5,8-9H2,1-2H3. The molecule has 0 spiro atoms. The average molecular weight is 280 g/mol.